The molecule has 0 aliphatic heterocycles. The van der Waals surface area contributed by atoms with Crippen LogP contribution in [0.1, 0.15) is 31.4 Å². The summed E-state index contributed by atoms with van der Waals surface area (Å²) in [5.41, 5.74) is 1.75. The molecule has 0 fully saturated rings. The molecule has 2 N–H and O–H groups in total. The Hall–Kier alpha value is -3.15. The SMILES string of the molecule is Cc1cccc(C(C)(C)CNC(=O)CCn2c(=O)[nH]c(=O)c3ccccc32)c1. The summed E-state index contributed by atoms with van der Waals surface area (Å²) in [6, 6.07) is 15.1. The molecule has 3 rings (SSSR count). The maximum atomic E-state index is 12.4. The number of benzene rings is 2. The predicted molar refractivity (Wildman–Crippen MR) is 111 cm³/mol. The number of fused-ring (bicyclic) bond motifs is 1. The molecular weight excluding hydrogens is 354 g/mol. The number of nitrogens with one attached hydrogen (secondary N) is 2. The second kappa shape index (κ2) is 7.84. The Bertz CT molecular complexity index is 1130. The summed E-state index contributed by atoms with van der Waals surface area (Å²) < 4.78 is 1.43. The van der Waals surface area contributed by atoms with Gasteiger partial charge in [-0.05, 0) is 24.6 Å². The first-order valence-corrected chi connectivity index (χ1v) is 9.34. The van der Waals surface area contributed by atoms with Crippen molar-refractivity contribution in [3.05, 3.63) is 80.5 Å². The number of carbonyl (C=O) groups is 1. The van der Waals surface area contributed by atoms with Crippen LogP contribution in [0.2, 0.25) is 0 Å². The third-order valence-corrected chi connectivity index (χ3v) is 4.99. The molecule has 2 aromatic carbocycles. The monoisotopic (exact) mass is 379 g/mol. The van der Waals surface area contributed by atoms with E-state index >= 15 is 0 Å². The summed E-state index contributed by atoms with van der Waals surface area (Å²) in [5.74, 6) is -0.136. The molecule has 28 heavy (non-hydrogen) atoms. The highest BCUT2D eigenvalue weighted by Gasteiger charge is 2.21. The van der Waals surface area contributed by atoms with E-state index in [0.717, 1.165) is 5.56 Å². The van der Waals surface area contributed by atoms with Crippen molar-refractivity contribution in [2.24, 2.45) is 0 Å². The fourth-order valence-electron chi connectivity index (χ4n) is 3.25. The molecule has 0 aliphatic carbocycles. The standard InChI is InChI=1S/C22H25N3O3/c1-15-7-6-8-16(13-15)22(2,3)14-23-19(26)11-12-25-18-10-5-4-9-17(18)20(27)24-21(25)28/h4-10,13H,11-12,14H2,1-3H3,(H,23,26)(H,24,27,28). The number of carbonyl (C=O) groups excluding carboxylic acids is 1. The van der Waals surface area contributed by atoms with Crippen LogP contribution in [-0.2, 0) is 16.8 Å². The van der Waals surface area contributed by atoms with E-state index < -0.39 is 11.2 Å². The van der Waals surface area contributed by atoms with E-state index in [1.807, 2.05) is 19.1 Å². The van der Waals surface area contributed by atoms with Gasteiger partial charge in [-0.3, -0.25) is 19.1 Å². The van der Waals surface area contributed by atoms with Crippen molar-refractivity contribution in [1.82, 2.24) is 14.9 Å². The number of aryl methyl sites for hydroxylation is 2. The van der Waals surface area contributed by atoms with Crippen LogP contribution in [0.4, 0.5) is 0 Å². The minimum Gasteiger partial charge on any atom is -0.355 e. The van der Waals surface area contributed by atoms with E-state index in [4.69, 9.17) is 0 Å². The van der Waals surface area contributed by atoms with Gasteiger partial charge in [0.25, 0.3) is 5.56 Å². The van der Waals surface area contributed by atoms with E-state index in [1.165, 1.54) is 10.1 Å². The second-order valence-corrected chi connectivity index (χ2v) is 7.71. The number of hydrogen-bond acceptors (Lipinski definition) is 3. The van der Waals surface area contributed by atoms with Gasteiger partial charge in [-0.25, -0.2) is 4.79 Å². The first-order valence-electron chi connectivity index (χ1n) is 9.34. The first kappa shape index (κ1) is 19.6. The summed E-state index contributed by atoms with van der Waals surface area (Å²) >= 11 is 0. The van der Waals surface area contributed by atoms with Crippen LogP contribution in [-0.4, -0.2) is 22.0 Å². The zero-order valence-electron chi connectivity index (χ0n) is 16.4. The van der Waals surface area contributed by atoms with Crippen LogP contribution in [0.3, 0.4) is 0 Å². The molecule has 1 heterocycles. The highest BCUT2D eigenvalue weighted by Crippen LogP contribution is 2.23. The average Bonchev–Trinajstić information content (AvgIpc) is 2.66. The highest BCUT2D eigenvalue weighted by molar-refractivity contribution is 5.78. The number of H-pyrrole nitrogens is 1. The zero-order valence-corrected chi connectivity index (χ0v) is 16.4. The lowest BCUT2D eigenvalue weighted by Crippen LogP contribution is -2.38. The number of nitrogens with zero attached hydrogens (tertiary/aromatic N) is 1. The van der Waals surface area contributed by atoms with Crippen LogP contribution < -0.4 is 16.6 Å². The minimum atomic E-state index is -0.503. The number of aromatic nitrogens is 2. The Morgan fingerprint density at radius 3 is 2.61 bits per heavy atom. The van der Waals surface area contributed by atoms with Crippen molar-refractivity contribution in [1.29, 1.82) is 0 Å². The molecule has 1 amide bonds. The lowest BCUT2D eigenvalue weighted by molar-refractivity contribution is -0.121. The maximum Gasteiger partial charge on any atom is 0.328 e. The van der Waals surface area contributed by atoms with E-state index in [2.05, 4.69) is 36.3 Å². The summed E-state index contributed by atoms with van der Waals surface area (Å²) in [6.45, 7) is 6.91. The van der Waals surface area contributed by atoms with Gasteiger partial charge >= 0.3 is 5.69 Å². The van der Waals surface area contributed by atoms with Crippen LogP contribution in [0.15, 0.2) is 58.1 Å². The van der Waals surface area contributed by atoms with Crippen LogP contribution in [0.5, 0.6) is 0 Å². The maximum absolute atomic E-state index is 12.4. The van der Waals surface area contributed by atoms with Crippen LogP contribution in [0, 0.1) is 6.92 Å². The molecule has 6 nitrogen and oxygen atoms in total. The molecule has 146 valence electrons. The molecule has 0 saturated heterocycles. The van der Waals surface area contributed by atoms with Gasteiger partial charge in [0.05, 0.1) is 10.9 Å². The van der Waals surface area contributed by atoms with Crippen molar-refractivity contribution in [2.45, 2.75) is 39.2 Å². The van der Waals surface area contributed by atoms with E-state index in [9.17, 15) is 14.4 Å². The third kappa shape index (κ3) is 4.22. The fourth-order valence-corrected chi connectivity index (χ4v) is 3.25. The summed E-state index contributed by atoms with van der Waals surface area (Å²) in [6.07, 6.45) is 0.153. The van der Waals surface area contributed by atoms with Gasteiger partial charge in [-0.1, -0.05) is 55.8 Å². The van der Waals surface area contributed by atoms with Crippen molar-refractivity contribution in [3.63, 3.8) is 0 Å². The third-order valence-electron chi connectivity index (χ3n) is 4.99. The van der Waals surface area contributed by atoms with Crippen LogP contribution >= 0.6 is 0 Å². The molecule has 0 unspecified atom stereocenters. The van der Waals surface area contributed by atoms with Crippen molar-refractivity contribution >= 4 is 16.8 Å². The number of hydrogen-bond donors (Lipinski definition) is 2. The molecule has 0 bridgehead atoms. The molecular formula is C22H25N3O3. The van der Waals surface area contributed by atoms with Gasteiger partial charge in [0.2, 0.25) is 5.91 Å². The Morgan fingerprint density at radius 1 is 1.11 bits per heavy atom. The van der Waals surface area contributed by atoms with E-state index in [1.54, 1.807) is 24.3 Å². The molecule has 0 atom stereocenters. The van der Waals surface area contributed by atoms with Crippen LogP contribution in [0.25, 0.3) is 10.9 Å². The first-order chi connectivity index (χ1) is 13.3. The van der Waals surface area contributed by atoms with E-state index in [-0.39, 0.29) is 24.3 Å². The Kier molecular flexibility index (Phi) is 5.49. The average molecular weight is 379 g/mol. The summed E-state index contributed by atoms with van der Waals surface area (Å²) in [7, 11) is 0. The lowest BCUT2D eigenvalue weighted by Gasteiger charge is -2.26. The molecule has 1 aromatic heterocycles. The summed E-state index contributed by atoms with van der Waals surface area (Å²) in [4.78, 5) is 38.8. The van der Waals surface area contributed by atoms with Gasteiger partial charge < -0.3 is 5.32 Å². The van der Waals surface area contributed by atoms with Gasteiger partial charge in [0.1, 0.15) is 0 Å². The van der Waals surface area contributed by atoms with Crippen molar-refractivity contribution < 1.29 is 4.79 Å². The second-order valence-electron chi connectivity index (χ2n) is 7.71. The van der Waals surface area contributed by atoms with Crippen molar-refractivity contribution in [2.75, 3.05) is 6.54 Å². The molecule has 3 aromatic rings. The zero-order chi connectivity index (χ0) is 20.3. The fraction of sp³-hybridized carbons (Fsp3) is 0.318. The molecule has 0 spiro atoms. The Balaban J connectivity index is 1.68. The van der Waals surface area contributed by atoms with Crippen molar-refractivity contribution in [3.8, 4) is 0 Å². The topological polar surface area (TPSA) is 84.0 Å². The summed E-state index contributed by atoms with van der Waals surface area (Å²) in [5, 5.41) is 3.40. The normalized spacial score (nSPS) is 11.5. The minimum absolute atomic E-state index is 0.136. The number of rotatable bonds is 6. The lowest BCUT2D eigenvalue weighted by atomic mass is 9.84. The van der Waals surface area contributed by atoms with E-state index in [0.29, 0.717) is 17.4 Å². The number of aromatic amines is 1. The predicted octanol–water partition coefficient (Wildman–Crippen LogP) is 2.48. The Labute approximate surface area is 163 Å². The van der Waals surface area contributed by atoms with Gasteiger partial charge in [0, 0.05) is 24.9 Å². The molecule has 0 saturated carbocycles. The van der Waals surface area contributed by atoms with Gasteiger partial charge in [-0.15, -0.1) is 0 Å². The smallest absolute Gasteiger partial charge is 0.328 e. The number of para-hydroxylation sites is 1. The largest absolute Gasteiger partial charge is 0.355 e. The quantitative estimate of drug-likeness (QED) is 0.690. The highest BCUT2D eigenvalue weighted by atomic mass is 16.2. The van der Waals surface area contributed by atoms with Gasteiger partial charge in [-0.2, -0.15) is 0 Å². The van der Waals surface area contributed by atoms with Gasteiger partial charge in [0.15, 0.2) is 0 Å². The molecule has 0 radical (unpaired) electrons. The molecule has 6 heteroatoms. The Morgan fingerprint density at radius 2 is 1.86 bits per heavy atom. The number of amides is 1. The molecule has 0 aliphatic rings.